The lowest BCUT2D eigenvalue weighted by Gasteiger charge is -2.29. The molecule has 32 heavy (non-hydrogen) atoms. The van der Waals surface area contributed by atoms with E-state index in [9.17, 15) is 18.0 Å². The number of anilines is 1. The van der Waals surface area contributed by atoms with E-state index in [1.807, 2.05) is 31.2 Å². The van der Waals surface area contributed by atoms with Gasteiger partial charge >= 0.3 is 0 Å². The Kier molecular flexibility index (Phi) is 7.68. The molecule has 0 aliphatic carbocycles. The molecule has 1 aromatic carbocycles. The van der Waals surface area contributed by atoms with Gasteiger partial charge < -0.3 is 15.2 Å². The number of nitrogens with one attached hydrogen (secondary N) is 2. The average molecular weight is 462 g/mol. The van der Waals surface area contributed by atoms with Crippen LogP contribution in [0, 0.1) is 12.8 Å². The topological polar surface area (TPSA) is 113 Å². The van der Waals surface area contributed by atoms with E-state index in [1.165, 1.54) is 10.5 Å². The van der Waals surface area contributed by atoms with Crippen LogP contribution in [0.4, 0.5) is 5.69 Å². The van der Waals surface area contributed by atoms with Crippen LogP contribution >= 0.6 is 0 Å². The molecule has 9 nitrogen and oxygen atoms in total. The molecule has 2 heterocycles. The molecule has 1 aliphatic heterocycles. The van der Waals surface area contributed by atoms with Crippen molar-refractivity contribution in [3.05, 3.63) is 41.9 Å². The average Bonchev–Trinajstić information content (AvgIpc) is 3.12. The summed E-state index contributed by atoms with van der Waals surface area (Å²) in [5, 5.41) is 5.82. The third-order valence-electron chi connectivity index (χ3n) is 5.70. The highest BCUT2D eigenvalue weighted by Crippen LogP contribution is 2.23. The molecule has 1 aliphatic rings. The number of amides is 2. The fraction of sp³-hybridized carbons (Fsp3) is 0.500. The minimum absolute atomic E-state index is 0.0138. The third-order valence-corrected chi connectivity index (χ3v) is 7.47. The smallest absolute Gasteiger partial charge is 0.262 e. The van der Waals surface area contributed by atoms with Gasteiger partial charge in [0.2, 0.25) is 11.8 Å². The Hall–Kier alpha value is -2.72. The van der Waals surface area contributed by atoms with Gasteiger partial charge in [-0.1, -0.05) is 19.1 Å². The number of imidazole rings is 1. The van der Waals surface area contributed by atoms with E-state index in [1.54, 1.807) is 18.5 Å². The number of hydrogen-bond acceptors (Lipinski definition) is 5. The highest BCUT2D eigenvalue weighted by Gasteiger charge is 2.33. The Morgan fingerprint density at radius 2 is 1.81 bits per heavy atom. The molecule has 1 saturated heterocycles. The molecule has 3 rings (SSSR count). The number of nitrogens with zero attached hydrogens (tertiary/aromatic N) is 3. The minimum atomic E-state index is -3.64. The Bertz CT molecular complexity index is 1030. The summed E-state index contributed by atoms with van der Waals surface area (Å²) >= 11 is 0. The summed E-state index contributed by atoms with van der Waals surface area (Å²) in [5.74, 6) is 0.324. The van der Waals surface area contributed by atoms with Gasteiger partial charge in [0, 0.05) is 50.9 Å². The van der Waals surface area contributed by atoms with Crippen LogP contribution in [0.1, 0.15) is 44.0 Å². The van der Waals surface area contributed by atoms with Gasteiger partial charge in [0.05, 0.1) is 0 Å². The number of piperidine rings is 1. The van der Waals surface area contributed by atoms with Crippen LogP contribution in [0.15, 0.2) is 35.5 Å². The van der Waals surface area contributed by atoms with Gasteiger partial charge in [-0.3, -0.25) is 9.59 Å². The van der Waals surface area contributed by atoms with Crippen LogP contribution in [0.2, 0.25) is 0 Å². The molecule has 10 heteroatoms. The molecule has 174 valence electrons. The second kappa shape index (κ2) is 10.3. The number of aromatic nitrogens is 2. The van der Waals surface area contributed by atoms with Crippen LogP contribution < -0.4 is 10.6 Å². The summed E-state index contributed by atoms with van der Waals surface area (Å²) in [7, 11) is -1.89. The lowest BCUT2D eigenvalue weighted by molar-refractivity contribution is -0.126. The number of hydrogen-bond donors (Lipinski definition) is 2. The van der Waals surface area contributed by atoms with Crippen molar-refractivity contribution in [2.24, 2.45) is 13.0 Å². The van der Waals surface area contributed by atoms with Crippen LogP contribution in [-0.4, -0.2) is 47.2 Å². The Morgan fingerprint density at radius 1 is 1.16 bits per heavy atom. The minimum Gasteiger partial charge on any atom is -0.352 e. The zero-order valence-electron chi connectivity index (χ0n) is 18.8. The quantitative estimate of drug-likeness (QED) is 0.626. The van der Waals surface area contributed by atoms with Gasteiger partial charge in [-0.25, -0.2) is 13.4 Å². The summed E-state index contributed by atoms with van der Waals surface area (Å²) in [6.45, 7) is 4.68. The second-order valence-electron chi connectivity index (χ2n) is 8.13. The first-order valence-electron chi connectivity index (χ1n) is 10.9. The molecular weight excluding hydrogens is 430 g/mol. The van der Waals surface area contributed by atoms with E-state index < -0.39 is 10.0 Å². The number of rotatable bonds is 8. The number of benzene rings is 1. The summed E-state index contributed by atoms with van der Waals surface area (Å²) in [5.41, 5.74) is 1.66. The van der Waals surface area contributed by atoms with Crippen molar-refractivity contribution >= 4 is 27.5 Å². The summed E-state index contributed by atoms with van der Waals surface area (Å²) in [4.78, 5) is 28.4. The maximum atomic E-state index is 12.8. The Labute approximate surface area is 189 Å². The predicted octanol–water partition coefficient (Wildman–Crippen LogP) is 2.18. The van der Waals surface area contributed by atoms with E-state index in [0.717, 1.165) is 17.7 Å². The SMILES string of the molecule is CCCC(=O)Nc1ccc(CNC(=O)C2CCN(S(=O)(=O)c3cn(C)c(C)n3)CC2)cc1. The normalized spacial score (nSPS) is 15.5. The first-order chi connectivity index (χ1) is 15.2. The monoisotopic (exact) mass is 461 g/mol. The fourth-order valence-electron chi connectivity index (χ4n) is 3.63. The molecule has 2 aromatic rings. The van der Waals surface area contributed by atoms with E-state index in [0.29, 0.717) is 44.7 Å². The second-order valence-corrected chi connectivity index (χ2v) is 10.0. The van der Waals surface area contributed by atoms with Crippen molar-refractivity contribution in [3.8, 4) is 0 Å². The lowest BCUT2D eigenvalue weighted by atomic mass is 9.97. The summed E-state index contributed by atoms with van der Waals surface area (Å²) in [6, 6.07) is 7.37. The van der Waals surface area contributed by atoms with Crippen molar-refractivity contribution in [1.29, 1.82) is 0 Å². The highest BCUT2D eigenvalue weighted by atomic mass is 32.2. The van der Waals surface area contributed by atoms with E-state index in [4.69, 9.17) is 0 Å². The molecule has 0 spiro atoms. The zero-order valence-corrected chi connectivity index (χ0v) is 19.6. The lowest BCUT2D eigenvalue weighted by Crippen LogP contribution is -2.43. The highest BCUT2D eigenvalue weighted by molar-refractivity contribution is 7.89. The maximum absolute atomic E-state index is 12.8. The van der Waals surface area contributed by atoms with Crippen LogP contribution in [-0.2, 0) is 33.2 Å². The largest absolute Gasteiger partial charge is 0.352 e. The van der Waals surface area contributed by atoms with Crippen molar-refractivity contribution in [3.63, 3.8) is 0 Å². The van der Waals surface area contributed by atoms with Crippen LogP contribution in [0.25, 0.3) is 0 Å². The Morgan fingerprint density at radius 3 is 2.38 bits per heavy atom. The molecule has 0 saturated carbocycles. The van der Waals surface area contributed by atoms with Crippen LogP contribution in [0.3, 0.4) is 0 Å². The molecule has 0 bridgehead atoms. The van der Waals surface area contributed by atoms with Gasteiger partial charge in [-0.05, 0) is 43.9 Å². The van der Waals surface area contributed by atoms with E-state index in [2.05, 4.69) is 15.6 Å². The molecule has 0 atom stereocenters. The van der Waals surface area contributed by atoms with Gasteiger partial charge in [0.25, 0.3) is 10.0 Å². The van der Waals surface area contributed by atoms with Gasteiger partial charge in [0.15, 0.2) is 5.03 Å². The van der Waals surface area contributed by atoms with Gasteiger partial charge in [0.1, 0.15) is 5.82 Å². The number of aryl methyl sites for hydroxylation is 2. The first kappa shape index (κ1) is 23.9. The fourth-order valence-corrected chi connectivity index (χ4v) is 5.13. The molecule has 2 amide bonds. The van der Waals surface area contributed by atoms with Crippen molar-refractivity contribution in [2.45, 2.75) is 51.1 Å². The summed E-state index contributed by atoms with van der Waals surface area (Å²) in [6.07, 6.45) is 3.74. The summed E-state index contributed by atoms with van der Waals surface area (Å²) < 4.78 is 28.7. The van der Waals surface area contributed by atoms with E-state index in [-0.39, 0.29) is 22.8 Å². The number of sulfonamides is 1. The number of carbonyl (C=O) groups excluding carboxylic acids is 2. The maximum Gasteiger partial charge on any atom is 0.262 e. The Balaban J connectivity index is 1.48. The molecule has 1 aromatic heterocycles. The molecule has 2 N–H and O–H groups in total. The number of carbonyl (C=O) groups is 2. The zero-order chi connectivity index (χ0) is 23.3. The third kappa shape index (κ3) is 5.74. The van der Waals surface area contributed by atoms with Crippen molar-refractivity contribution < 1.29 is 18.0 Å². The van der Waals surface area contributed by atoms with Crippen molar-refractivity contribution in [1.82, 2.24) is 19.2 Å². The van der Waals surface area contributed by atoms with Gasteiger partial charge in [-0.2, -0.15) is 4.31 Å². The standard InChI is InChI=1S/C22H31N5O4S/c1-4-5-20(28)25-19-8-6-17(7-9-19)14-23-22(29)18-10-12-27(13-11-18)32(30,31)21-15-26(3)16(2)24-21/h6-9,15,18H,4-5,10-14H2,1-3H3,(H,23,29)(H,25,28). The first-order valence-corrected chi connectivity index (χ1v) is 12.3. The van der Waals surface area contributed by atoms with Gasteiger partial charge in [-0.15, -0.1) is 0 Å². The van der Waals surface area contributed by atoms with Crippen LogP contribution in [0.5, 0.6) is 0 Å². The molecule has 0 radical (unpaired) electrons. The predicted molar refractivity (Wildman–Crippen MR) is 121 cm³/mol. The molecule has 0 unspecified atom stereocenters. The van der Waals surface area contributed by atoms with E-state index >= 15 is 0 Å². The van der Waals surface area contributed by atoms with Crippen molar-refractivity contribution in [2.75, 3.05) is 18.4 Å². The molecular formula is C22H31N5O4S. The molecule has 1 fully saturated rings.